The van der Waals surface area contributed by atoms with Crippen molar-refractivity contribution in [2.75, 3.05) is 46.9 Å². The van der Waals surface area contributed by atoms with E-state index in [0.717, 1.165) is 48.4 Å². The van der Waals surface area contributed by atoms with Gasteiger partial charge in [-0.05, 0) is 50.0 Å². The Kier molecular flexibility index (Phi) is 11.2. The Morgan fingerprint density at radius 3 is 2.56 bits per heavy atom. The van der Waals surface area contributed by atoms with Gasteiger partial charge in [0, 0.05) is 31.7 Å². The summed E-state index contributed by atoms with van der Waals surface area (Å²) in [4.78, 5) is 6.79. The molecule has 2 N–H and O–H groups in total. The van der Waals surface area contributed by atoms with Crippen LogP contribution in [0.5, 0.6) is 5.75 Å². The lowest BCUT2D eigenvalue weighted by Gasteiger charge is -2.26. The largest absolute Gasteiger partial charge is 0.497 e. The van der Waals surface area contributed by atoms with Crippen LogP contribution in [0.3, 0.4) is 0 Å². The average Bonchev–Trinajstić information content (AvgIpc) is 2.62. The Bertz CT molecular complexity index is 536. The lowest BCUT2D eigenvalue weighted by molar-refractivity contribution is 0.232. The zero-order valence-electron chi connectivity index (χ0n) is 15.2. The SMILES string of the molecule is CN=C(NCCc1ccc(OC)cc1Cl)NCCN1CCCCC1.I. The molecule has 0 saturated carbocycles. The van der Waals surface area contributed by atoms with E-state index in [9.17, 15) is 0 Å². The van der Waals surface area contributed by atoms with Crippen LogP contribution in [0, 0.1) is 0 Å². The molecule has 0 atom stereocenters. The molecule has 1 aromatic rings. The van der Waals surface area contributed by atoms with E-state index >= 15 is 0 Å². The number of piperidine rings is 1. The van der Waals surface area contributed by atoms with Gasteiger partial charge in [0.15, 0.2) is 5.96 Å². The standard InChI is InChI=1S/C18H29ClN4O.HI/c1-20-18(22-10-13-23-11-4-3-5-12-23)21-9-8-15-6-7-16(24-2)14-17(15)19;/h6-7,14H,3-5,8-13H2,1-2H3,(H2,20,21,22);1H. The van der Waals surface area contributed by atoms with Gasteiger partial charge >= 0.3 is 0 Å². The third-order valence-electron chi connectivity index (χ3n) is 4.34. The third kappa shape index (κ3) is 8.00. The number of nitrogens with one attached hydrogen (secondary N) is 2. The highest BCUT2D eigenvalue weighted by atomic mass is 127. The van der Waals surface area contributed by atoms with Gasteiger partial charge in [-0.1, -0.05) is 24.1 Å². The van der Waals surface area contributed by atoms with Crippen molar-refractivity contribution in [3.8, 4) is 5.75 Å². The minimum Gasteiger partial charge on any atom is -0.497 e. The van der Waals surface area contributed by atoms with Crippen molar-refractivity contribution < 1.29 is 4.74 Å². The first-order chi connectivity index (χ1) is 11.7. The number of rotatable bonds is 7. The van der Waals surface area contributed by atoms with Crippen LogP contribution in [0.1, 0.15) is 24.8 Å². The molecule has 0 radical (unpaired) electrons. The molecule has 2 rings (SSSR count). The van der Waals surface area contributed by atoms with Crippen LogP contribution in [0.25, 0.3) is 0 Å². The first kappa shape index (κ1) is 22.3. The van der Waals surface area contributed by atoms with Gasteiger partial charge < -0.3 is 20.3 Å². The molecule has 1 aromatic carbocycles. The molecular formula is C18H30ClIN4O. The van der Waals surface area contributed by atoms with Crippen LogP contribution >= 0.6 is 35.6 Å². The molecule has 0 bridgehead atoms. The summed E-state index contributed by atoms with van der Waals surface area (Å²) in [5.74, 6) is 1.63. The van der Waals surface area contributed by atoms with Gasteiger partial charge in [0.05, 0.1) is 7.11 Å². The number of nitrogens with zero attached hydrogens (tertiary/aromatic N) is 2. The number of likely N-dealkylation sites (tertiary alicyclic amines) is 1. The molecule has 0 aromatic heterocycles. The van der Waals surface area contributed by atoms with Gasteiger partial charge in [-0.3, -0.25) is 4.99 Å². The topological polar surface area (TPSA) is 48.9 Å². The Morgan fingerprint density at radius 2 is 1.92 bits per heavy atom. The van der Waals surface area contributed by atoms with Crippen LogP contribution < -0.4 is 15.4 Å². The summed E-state index contributed by atoms with van der Waals surface area (Å²) in [5, 5.41) is 7.46. The van der Waals surface area contributed by atoms with E-state index in [1.54, 1.807) is 14.2 Å². The first-order valence-electron chi connectivity index (χ1n) is 8.72. The number of halogens is 2. The highest BCUT2D eigenvalue weighted by Crippen LogP contribution is 2.22. The third-order valence-corrected chi connectivity index (χ3v) is 4.69. The van der Waals surface area contributed by atoms with Gasteiger partial charge in [0.25, 0.3) is 0 Å². The molecule has 142 valence electrons. The maximum absolute atomic E-state index is 6.27. The van der Waals surface area contributed by atoms with Gasteiger partial charge in [-0.15, -0.1) is 24.0 Å². The maximum Gasteiger partial charge on any atom is 0.191 e. The summed E-state index contributed by atoms with van der Waals surface area (Å²) in [6.07, 6.45) is 4.88. The van der Waals surface area contributed by atoms with Gasteiger partial charge in [0.1, 0.15) is 5.75 Å². The number of methoxy groups -OCH3 is 1. The second-order valence-corrected chi connectivity index (χ2v) is 6.44. The van der Waals surface area contributed by atoms with Gasteiger partial charge in [-0.2, -0.15) is 0 Å². The molecular weight excluding hydrogens is 451 g/mol. The van der Waals surface area contributed by atoms with Gasteiger partial charge in [0.2, 0.25) is 0 Å². The van der Waals surface area contributed by atoms with E-state index in [1.165, 1.54) is 32.4 Å². The van der Waals surface area contributed by atoms with Crippen molar-refractivity contribution in [3.05, 3.63) is 28.8 Å². The first-order valence-corrected chi connectivity index (χ1v) is 9.10. The van der Waals surface area contributed by atoms with Crippen LogP contribution in [0.15, 0.2) is 23.2 Å². The van der Waals surface area contributed by atoms with Crippen LogP contribution in [-0.4, -0.2) is 57.7 Å². The van der Waals surface area contributed by atoms with Crippen molar-refractivity contribution in [1.29, 1.82) is 0 Å². The van der Waals surface area contributed by atoms with Crippen molar-refractivity contribution in [2.24, 2.45) is 4.99 Å². The lowest BCUT2D eigenvalue weighted by atomic mass is 10.1. The number of benzene rings is 1. The van der Waals surface area contributed by atoms with Crippen molar-refractivity contribution in [3.63, 3.8) is 0 Å². The molecule has 0 spiro atoms. The molecule has 1 aliphatic heterocycles. The predicted octanol–water partition coefficient (Wildman–Crippen LogP) is 3.16. The van der Waals surface area contributed by atoms with E-state index < -0.39 is 0 Å². The molecule has 1 saturated heterocycles. The quantitative estimate of drug-likeness (QED) is 0.358. The number of hydrogen-bond donors (Lipinski definition) is 2. The number of ether oxygens (including phenoxy) is 1. The van der Waals surface area contributed by atoms with Crippen LogP contribution in [0.4, 0.5) is 0 Å². The maximum atomic E-state index is 6.27. The summed E-state index contributed by atoms with van der Waals surface area (Å²) in [6.45, 7) is 5.23. The second kappa shape index (κ2) is 12.6. The number of aliphatic imine (C=N–C) groups is 1. The summed E-state index contributed by atoms with van der Waals surface area (Å²) in [5.41, 5.74) is 1.11. The van der Waals surface area contributed by atoms with E-state index in [0.29, 0.717) is 0 Å². The molecule has 0 amide bonds. The smallest absolute Gasteiger partial charge is 0.191 e. The number of hydrogen-bond acceptors (Lipinski definition) is 3. The van der Waals surface area contributed by atoms with Crippen LogP contribution in [-0.2, 0) is 6.42 Å². The zero-order chi connectivity index (χ0) is 17.2. The summed E-state index contributed by atoms with van der Waals surface area (Å²) < 4.78 is 5.17. The Labute approximate surface area is 173 Å². The van der Waals surface area contributed by atoms with Crippen molar-refractivity contribution in [2.45, 2.75) is 25.7 Å². The Hall–Kier alpha value is -0.730. The fourth-order valence-electron chi connectivity index (χ4n) is 2.91. The summed E-state index contributed by atoms with van der Waals surface area (Å²) in [6, 6.07) is 5.80. The monoisotopic (exact) mass is 480 g/mol. The molecule has 1 aliphatic rings. The molecule has 0 unspecified atom stereocenters. The summed E-state index contributed by atoms with van der Waals surface area (Å²) in [7, 11) is 3.45. The van der Waals surface area contributed by atoms with E-state index in [-0.39, 0.29) is 24.0 Å². The molecule has 0 aliphatic carbocycles. The molecule has 5 nitrogen and oxygen atoms in total. The van der Waals surface area contributed by atoms with E-state index in [1.807, 2.05) is 18.2 Å². The fourth-order valence-corrected chi connectivity index (χ4v) is 3.17. The normalized spacial score (nSPS) is 15.4. The van der Waals surface area contributed by atoms with Crippen LogP contribution in [0.2, 0.25) is 5.02 Å². The average molecular weight is 481 g/mol. The minimum absolute atomic E-state index is 0. The van der Waals surface area contributed by atoms with Crippen molar-refractivity contribution in [1.82, 2.24) is 15.5 Å². The van der Waals surface area contributed by atoms with Gasteiger partial charge in [-0.25, -0.2) is 0 Å². The zero-order valence-corrected chi connectivity index (χ0v) is 18.3. The molecule has 25 heavy (non-hydrogen) atoms. The van der Waals surface area contributed by atoms with Crippen molar-refractivity contribution >= 4 is 41.5 Å². The summed E-state index contributed by atoms with van der Waals surface area (Å²) >= 11 is 6.27. The molecule has 1 heterocycles. The lowest BCUT2D eigenvalue weighted by Crippen LogP contribution is -2.43. The Morgan fingerprint density at radius 1 is 1.20 bits per heavy atom. The highest BCUT2D eigenvalue weighted by molar-refractivity contribution is 14.0. The highest BCUT2D eigenvalue weighted by Gasteiger charge is 2.09. The number of guanidine groups is 1. The van der Waals surface area contributed by atoms with E-state index in [4.69, 9.17) is 16.3 Å². The molecule has 7 heteroatoms. The fraction of sp³-hybridized carbons (Fsp3) is 0.611. The Balaban J connectivity index is 0.00000312. The minimum atomic E-state index is 0. The molecule has 1 fully saturated rings. The second-order valence-electron chi connectivity index (χ2n) is 6.04. The predicted molar refractivity (Wildman–Crippen MR) is 117 cm³/mol. The van der Waals surface area contributed by atoms with E-state index in [2.05, 4.69) is 20.5 Å².